The molecule has 5 heteroatoms. The van der Waals surface area contributed by atoms with Crippen LogP contribution in [0.15, 0.2) is 78.9 Å². The Morgan fingerprint density at radius 3 is 2.19 bits per heavy atom. The Labute approximate surface area is 190 Å². The summed E-state index contributed by atoms with van der Waals surface area (Å²) in [5.74, 6) is 2.01. The minimum absolute atomic E-state index is 0.127. The lowest BCUT2D eigenvalue weighted by atomic mass is 10.1. The molecule has 0 aliphatic heterocycles. The van der Waals surface area contributed by atoms with Gasteiger partial charge in [0.25, 0.3) is 0 Å². The van der Waals surface area contributed by atoms with Crippen molar-refractivity contribution in [1.29, 1.82) is 0 Å². The Balaban J connectivity index is 1.43. The third kappa shape index (κ3) is 8.34. The van der Waals surface area contributed by atoms with Crippen LogP contribution in [0.5, 0.6) is 11.5 Å². The summed E-state index contributed by atoms with van der Waals surface area (Å²) in [7, 11) is 0. The van der Waals surface area contributed by atoms with Crippen LogP contribution >= 0.6 is 0 Å². The molecular formula is C27H32N2O3. The number of carbonyl (C=O) groups is 1. The highest BCUT2D eigenvalue weighted by Gasteiger charge is 2.05. The second-order valence-electron chi connectivity index (χ2n) is 8.07. The molecule has 32 heavy (non-hydrogen) atoms. The highest BCUT2D eigenvalue weighted by Crippen LogP contribution is 2.19. The highest BCUT2D eigenvalue weighted by atomic mass is 16.5. The molecule has 0 bridgehead atoms. The van der Waals surface area contributed by atoms with E-state index in [0.717, 1.165) is 30.0 Å². The van der Waals surface area contributed by atoms with Crippen LogP contribution in [0.3, 0.4) is 0 Å². The number of hydrogen-bond donors (Lipinski definition) is 2. The molecule has 0 saturated carbocycles. The van der Waals surface area contributed by atoms with Gasteiger partial charge in [0.2, 0.25) is 5.91 Å². The third-order valence-corrected chi connectivity index (χ3v) is 4.87. The van der Waals surface area contributed by atoms with Crippen molar-refractivity contribution in [2.45, 2.75) is 26.7 Å². The highest BCUT2D eigenvalue weighted by molar-refractivity contribution is 5.93. The van der Waals surface area contributed by atoms with Gasteiger partial charge < -0.3 is 20.1 Å². The zero-order valence-electron chi connectivity index (χ0n) is 18.8. The van der Waals surface area contributed by atoms with Crippen molar-refractivity contribution in [2.75, 3.05) is 30.4 Å². The van der Waals surface area contributed by atoms with Crippen molar-refractivity contribution in [2.24, 2.45) is 5.92 Å². The maximum atomic E-state index is 12.4. The van der Waals surface area contributed by atoms with Gasteiger partial charge in [-0.15, -0.1) is 0 Å². The first-order chi connectivity index (χ1) is 15.6. The Hall–Kier alpha value is -3.47. The number of benzene rings is 3. The van der Waals surface area contributed by atoms with Gasteiger partial charge in [0, 0.05) is 29.9 Å². The lowest BCUT2D eigenvalue weighted by Crippen LogP contribution is -2.21. The zero-order chi connectivity index (χ0) is 22.6. The van der Waals surface area contributed by atoms with E-state index in [1.54, 1.807) is 0 Å². The molecule has 3 aromatic carbocycles. The minimum Gasteiger partial charge on any atom is -0.494 e. The summed E-state index contributed by atoms with van der Waals surface area (Å²) in [4.78, 5) is 12.4. The van der Waals surface area contributed by atoms with Gasteiger partial charge in [-0.2, -0.15) is 0 Å². The summed E-state index contributed by atoms with van der Waals surface area (Å²) in [6.45, 7) is 5.78. The van der Waals surface area contributed by atoms with Gasteiger partial charge in [-0.25, -0.2) is 0 Å². The van der Waals surface area contributed by atoms with E-state index in [9.17, 15) is 4.79 Å². The van der Waals surface area contributed by atoms with Crippen LogP contribution in [0.2, 0.25) is 0 Å². The van der Waals surface area contributed by atoms with E-state index in [-0.39, 0.29) is 12.5 Å². The number of ether oxygens (including phenoxy) is 2. The van der Waals surface area contributed by atoms with Crippen molar-refractivity contribution in [3.05, 3.63) is 84.4 Å². The van der Waals surface area contributed by atoms with Gasteiger partial charge in [-0.1, -0.05) is 56.3 Å². The summed E-state index contributed by atoms with van der Waals surface area (Å²) in [6.07, 6.45) is 1.84. The number of anilines is 2. The topological polar surface area (TPSA) is 59.6 Å². The lowest BCUT2D eigenvalue weighted by Gasteiger charge is -2.12. The van der Waals surface area contributed by atoms with Gasteiger partial charge in [0.1, 0.15) is 11.5 Å². The normalized spacial score (nSPS) is 10.6. The summed E-state index contributed by atoms with van der Waals surface area (Å²) >= 11 is 0. The molecule has 0 atom stereocenters. The molecule has 0 fully saturated rings. The van der Waals surface area contributed by atoms with Crippen LogP contribution < -0.4 is 20.1 Å². The van der Waals surface area contributed by atoms with E-state index < -0.39 is 0 Å². The Kier molecular flexibility index (Phi) is 8.99. The fraction of sp³-hybridized carbons (Fsp3) is 0.296. The first-order valence-corrected chi connectivity index (χ1v) is 11.1. The second-order valence-corrected chi connectivity index (χ2v) is 8.07. The van der Waals surface area contributed by atoms with Gasteiger partial charge in [-0.3, -0.25) is 4.79 Å². The quantitative estimate of drug-likeness (QED) is 0.381. The molecule has 0 heterocycles. The van der Waals surface area contributed by atoms with Crippen LogP contribution in [0.1, 0.15) is 25.8 Å². The molecular weight excluding hydrogens is 400 g/mol. The number of rotatable bonds is 12. The van der Waals surface area contributed by atoms with Crippen molar-refractivity contribution < 1.29 is 14.3 Å². The van der Waals surface area contributed by atoms with Crippen molar-refractivity contribution in [1.82, 2.24) is 0 Å². The molecule has 0 spiro atoms. The minimum atomic E-state index is -0.127. The van der Waals surface area contributed by atoms with Crippen LogP contribution in [-0.4, -0.2) is 25.7 Å². The summed E-state index contributed by atoms with van der Waals surface area (Å²) < 4.78 is 11.6. The van der Waals surface area contributed by atoms with E-state index in [1.165, 1.54) is 5.56 Å². The van der Waals surface area contributed by atoms with Crippen LogP contribution in [0.25, 0.3) is 0 Å². The average Bonchev–Trinajstić information content (AvgIpc) is 2.79. The van der Waals surface area contributed by atoms with Crippen LogP contribution in [-0.2, 0) is 11.2 Å². The van der Waals surface area contributed by atoms with Gasteiger partial charge in [0.15, 0.2) is 0 Å². The molecule has 0 saturated heterocycles. The maximum absolute atomic E-state index is 12.4. The van der Waals surface area contributed by atoms with Gasteiger partial charge >= 0.3 is 0 Å². The maximum Gasteiger partial charge on any atom is 0.243 e. The largest absolute Gasteiger partial charge is 0.494 e. The lowest BCUT2D eigenvalue weighted by molar-refractivity contribution is -0.114. The Bertz CT molecular complexity index is 973. The molecule has 3 aromatic rings. The molecule has 3 rings (SSSR count). The predicted octanol–water partition coefficient (Wildman–Crippen LogP) is 5.78. The molecule has 0 aromatic heterocycles. The average molecular weight is 433 g/mol. The molecule has 0 unspecified atom stereocenters. The molecule has 168 valence electrons. The Morgan fingerprint density at radius 1 is 0.812 bits per heavy atom. The van der Waals surface area contributed by atoms with Gasteiger partial charge in [0.05, 0.1) is 19.8 Å². The van der Waals surface area contributed by atoms with Crippen LogP contribution in [0.4, 0.5) is 11.4 Å². The van der Waals surface area contributed by atoms with Gasteiger partial charge in [-0.05, 0) is 42.2 Å². The second kappa shape index (κ2) is 12.4. The van der Waals surface area contributed by atoms with E-state index in [2.05, 4.69) is 36.6 Å². The molecule has 0 radical (unpaired) electrons. The number of hydrogen-bond acceptors (Lipinski definition) is 4. The van der Waals surface area contributed by atoms with Crippen molar-refractivity contribution >= 4 is 17.3 Å². The standard InChI is InChI=1S/C27H32N2O3/c1-21(2)14-16-31-25-12-6-10-23(18-25)28-20-27(30)29-24-11-7-13-26(19-24)32-17-15-22-8-4-3-5-9-22/h3-13,18-19,21,28H,14-17,20H2,1-2H3,(H,29,30). The summed E-state index contributed by atoms with van der Waals surface area (Å²) in [5, 5.41) is 6.06. The molecule has 1 amide bonds. The Morgan fingerprint density at radius 2 is 1.47 bits per heavy atom. The number of amides is 1. The van der Waals surface area contributed by atoms with Crippen molar-refractivity contribution in [3.63, 3.8) is 0 Å². The number of carbonyl (C=O) groups excluding carboxylic acids is 1. The zero-order valence-corrected chi connectivity index (χ0v) is 18.8. The molecule has 2 N–H and O–H groups in total. The first-order valence-electron chi connectivity index (χ1n) is 11.1. The summed E-state index contributed by atoms with van der Waals surface area (Å²) in [5.41, 5.74) is 2.79. The van der Waals surface area contributed by atoms with E-state index in [4.69, 9.17) is 9.47 Å². The SMILES string of the molecule is CC(C)CCOc1cccc(NCC(=O)Nc2cccc(OCCc3ccccc3)c2)c1. The monoisotopic (exact) mass is 432 g/mol. The number of nitrogens with one attached hydrogen (secondary N) is 2. The molecule has 5 nitrogen and oxygen atoms in total. The van der Waals surface area contributed by atoms with Crippen molar-refractivity contribution in [3.8, 4) is 11.5 Å². The predicted molar refractivity (Wildman–Crippen MR) is 131 cm³/mol. The van der Waals surface area contributed by atoms with Crippen LogP contribution in [0, 0.1) is 5.92 Å². The molecule has 0 aliphatic rings. The first kappa shape index (κ1) is 23.2. The van der Waals surface area contributed by atoms with E-state index >= 15 is 0 Å². The fourth-order valence-corrected chi connectivity index (χ4v) is 3.09. The summed E-state index contributed by atoms with van der Waals surface area (Å²) in [6, 6.07) is 25.4. The van der Waals surface area contributed by atoms with E-state index in [1.807, 2.05) is 66.7 Å². The third-order valence-electron chi connectivity index (χ3n) is 4.87. The van der Waals surface area contributed by atoms with E-state index in [0.29, 0.717) is 24.8 Å². The fourth-order valence-electron chi connectivity index (χ4n) is 3.09. The smallest absolute Gasteiger partial charge is 0.243 e. The molecule has 0 aliphatic carbocycles.